The fraction of sp³-hybridized carbons (Fsp3) is 0.379. The van der Waals surface area contributed by atoms with Crippen LogP contribution >= 0.6 is 11.6 Å². The van der Waals surface area contributed by atoms with Gasteiger partial charge >= 0.3 is 0 Å². The van der Waals surface area contributed by atoms with Crippen LogP contribution in [0.1, 0.15) is 43.6 Å². The van der Waals surface area contributed by atoms with Crippen LogP contribution in [0, 0.1) is 0 Å². The Morgan fingerprint density at radius 3 is 2.51 bits per heavy atom. The van der Waals surface area contributed by atoms with Crippen LogP contribution in [0.5, 0.6) is 11.5 Å². The molecular weight excluding hydrogens is 486 g/mol. The van der Waals surface area contributed by atoms with E-state index in [9.17, 15) is 0 Å². The molecule has 2 aromatic heterocycles. The van der Waals surface area contributed by atoms with Crippen molar-refractivity contribution in [2.75, 3.05) is 13.2 Å². The summed E-state index contributed by atoms with van der Waals surface area (Å²) < 4.78 is 15.8. The first-order valence-electron chi connectivity index (χ1n) is 13.1. The summed E-state index contributed by atoms with van der Waals surface area (Å²) in [5.41, 5.74) is 4.28. The summed E-state index contributed by atoms with van der Waals surface area (Å²) in [7, 11) is 0. The Labute approximate surface area is 223 Å². The molecule has 37 heavy (non-hydrogen) atoms. The van der Waals surface area contributed by atoms with E-state index in [0.29, 0.717) is 38.0 Å². The van der Waals surface area contributed by atoms with E-state index >= 15 is 0 Å². The minimum absolute atomic E-state index is 0.557. The topological polar surface area (TPSA) is 57.3 Å². The van der Waals surface area contributed by atoms with Crippen molar-refractivity contribution >= 4 is 11.6 Å². The number of ether oxygens (including phenoxy) is 2. The predicted molar refractivity (Wildman–Crippen MR) is 146 cm³/mol. The largest absolute Gasteiger partial charge is 0.486 e. The van der Waals surface area contributed by atoms with Crippen LogP contribution in [0.2, 0.25) is 5.15 Å². The number of imidazole rings is 1. The highest BCUT2D eigenvalue weighted by Crippen LogP contribution is 2.32. The third-order valence-corrected chi connectivity index (χ3v) is 6.89. The van der Waals surface area contributed by atoms with Gasteiger partial charge in [0.2, 0.25) is 0 Å². The Balaban J connectivity index is 1.47. The summed E-state index contributed by atoms with van der Waals surface area (Å²) in [5.74, 6) is 2.52. The van der Waals surface area contributed by atoms with Gasteiger partial charge < -0.3 is 14.0 Å². The number of hydrogen-bond acceptors (Lipinski definition) is 5. The van der Waals surface area contributed by atoms with Crippen molar-refractivity contribution in [1.82, 2.24) is 24.2 Å². The second-order valence-electron chi connectivity index (χ2n) is 9.33. The first-order valence-corrected chi connectivity index (χ1v) is 13.5. The van der Waals surface area contributed by atoms with Gasteiger partial charge in [0.15, 0.2) is 16.7 Å². The highest BCUT2D eigenvalue weighted by atomic mass is 35.5. The van der Waals surface area contributed by atoms with Crippen LogP contribution in [0.3, 0.4) is 0 Å². The first-order chi connectivity index (χ1) is 18.1. The highest BCUT2D eigenvalue weighted by molar-refractivity contribution is 6.30. The molecule has 0 N–H and O–H groups in total. The van der Waals surface area contributed by atoms with Gasteiger partial charge in [-0.25, -0.2) is 4.98 Å². The lowest BCUT2D eigenvalue weighted by Crippen LogP contribution is -2.25. The minimum atomic E-state index is 0.557. The van der Waals surface area contributed by atoms with Crippen molar-refractivity contribution in [3.05, 3.63) is 82.9 Å². The maximum atomic E-state index is 6.84. The SMILES string of the molecule is CCCCn1c(-c2ccccc2)nc(Cl)c1CN(Cc1ccc2c(c1)OCCO2)Cc1ccn(CC)n1. The quantitative estimate of drug-likeness (QED) is 0.236. The van der Waals surface area contributed by atoms with E-state index in [4.69, 9.17) is 31.2 Å². The normalized spacial score (nSPS) is 12.9. The van der Waals surface area contributed by atoms with E-state index in [2.05, 4.69) is 53.6 Å². The number of hydrogen-bond donors (Lipinski definition) is 0. The zero-order chi connectivity index (χ0) is 25.6. The molecule has 194 valence electrons. The zero-order valence-electron chi connectivity index (χ0n) is 21.6. The van der Waals surface area contributed by atoms with Gasteiger partial charge in [-0.3, -0.25) is 9.58 Å². The van der Waals surface area contributed by atoms with Gasteiger partial charge in [0.25, 0.3) is 0 Å². The van der Waals surface area contributed by atoms with Crippen LogP contribution < -0.4 is 9.47 Å². The summed E-state index contributed by atoms with van der Waals surface area (Å²) >= 11 is 6.84. The van der Waals surface area contributed by atoms with Gasteiger partial charge in [-0.1, -0.05) is 61.3 Å². The Bertz CT molecular complexity index is 1320. The van der Waals surface area contributed by atoms with Crippen LogP contribution in [0.25, 0.3) is 11.4 Å². The highest BCUT2D eigenvalue weighted by Gasteiger charge is 2.21. The monoisotopic (exact) mass is 519 g/mol. The molecule has 0 saturated heterocycles. The van der Waals surface area contributed by atoms with Crippen molar-refractivity contribution in [1.29, 1.82) is 0 Å². The molecule has 4 aromatic rings. The Hall–Kier alpha value is -3.29. The molecule has 8 heteroatoms. The minimum Gasteiger partial charge on any atom is -0.486 e. The summed E-state index contributed by atoms with van der Waals surface area (Å²) in [6.07, 6.45) is 4.19. The van der Waals surface area contributed by atoms with E-state index in [1.54, 1.807) is 0 Å². The molecule has 3 heterocycles. The fourth-order valence-electron chi connectivity index (χ4n) is 4.69. The van der Waals surface area contributed by atoms with Crippen LogP contribution in [0.15, 0.2) is 60.8 Å². The van der Waals surface area contributed by atoms with Crippen molar-refractivity contribution in [2.24, 2.45) is 0 Å². The van der Waals surface area contributed by atoms with Gasteiger partial charge in [0, 0.05) is 44.5 Å². The molecule has 2 aromatic carbocycles. The predicted octanol–water partition coefficient (Wildman–Crippen LogP) is 6.19. The molecule has 5 rings (SSSR count). The van der Waals surface area contributed by atoms with Crippen molar-refractivity contribution in [3.63, 3.8) is 0 Å². The summed E-state index contributed by atoms with van der Waals surface area (Å²) in [5, 5.41) is 5.30. The number of halogens is 1. The number of nitrogens with zero attached hydrogens (tertiary/aromatic N) is 5. The van der Waals surface area contributed by atoms with Crippen LogP contribution in [-0.4, -0.2) is 37.4 Å². The molecule has 0 aliphatic carbocycles. The third kappa shape index (κ3) is 6.00. The second-order valence-corrected chi connectivity index (χ2v) is 9.69. The standard InChI is InChI=1S/C29H34ClN5O2/c1-3-5-14-35-25(28(30)31-29(35)23-9-7-6-8-10-23)21-33(20-24-13-15-34(4-2)32-24)19-22-11-12-26-27(18-22)37-17-16-36-26/h6-13,15,18H,3-5,14,16-17,19-21H2,1-2H3. The molecule has 0 spiro atoms. The lowest BCUT2D eigenvalue weighted by molar-refractivity contribution is 0.170. The Morgan fingerprint density at radius 2 is 1.76 bits per heavy atom. The number of aromatic nitrogens is 4. The van der Waals surface area contributed by atoms with Crippen molar-refractivity contribution in [2.45, 2.75) is 59.4 Å². The maximum Gasteiger partial charge on any atom is 0.161 e. The van der Waals surface area contributed by atoms with Crippen LogP contribution in [-0.2, 0) is 32.7 Å². The zero-order valence-corrected chi connectivity index (χ0v) is 22.3. The van der Waals surface area contributed by atoms with Crippen molar-refractivity contribution in [3.8, 4) is 22.9 Å². The summed E-state index contributed by atoms with van der Waals surface area (Å²) in [6, 6.07) is 18.6. The average molecular weight is 520 g/mol. The molecule has 0 saturated carbocycles. The molecule has 0 bridgehead atoms. The van der Waals surface area contributed by atoms with Gasteiger partial charge in [-0.2, -0.15) is 5.10 Å². The molecule has 7 nitrogen and oxygen atoms in total. The molecular formula is C29H34ClN5O2. The number of rotatable bonds is 11. The lowest BCUT2D eigenvalue weighted by atomic mass is 10.1. The molecule has 1 aliphatic rings. The molecule has 0 unspecified atom stereocenters. The molecule has 0 radical (unpaired) electrons. The van der Waals surface area contributed by atoms with E-state index in [0.717, 1.165) is 65.8 Å². The number of unbranched alkanes of at least 4 members (excludes halogenated alkanes) is 1. The third-order valence-electron chi connectivity index (χ3n) is 6.58. The number of fused-ring (bicyclic) bond motifs is 1. The fourth-order valence-corrected chi connectivity index (χ4v) is 4.93. The Morgan fingerprint density at radius 1 is 0.946 bits per heavy atom. The van der Waals surface area contributed by atoms with Gasteiger partial charge in [-0.15, -0.1) is 0 Å². The number of aryl methyl sites for hydroxylation is 1. The maximum absolute atomic E-state index is 6.84. The average Bonchev–Trinajstić information content (AvgIpc) is 3.51. The van der Waals surface area contributed by atoms with Gasteiger partial charge in [-0.05, 0) is 37.1 Å². The van der Waals surface area contributed by atoms with E-state index in [1.807, 2.05) is 35.1 Å². The smallest absolute Gasteiger partial charge is 0.161 e. The van der Waals surface area contributed by atoms with Gasteiger partial charge in [0.05, 0.1) is 11.4 Å². The molecule has 1 aliphatic heterocycles. The first kappa shape index (κ1) is 25.4. The number of benzene rings is 2. The Kier molecular flexibility index (Phi) is 8.12. The van der Waals surface area contributed by atoms with Gasteiger partial charge in [0.1, 0.15) is 19.0 Å². The van der Waals surface area contributed by atoms with Crippen LogP contribution in [0.4, 0.5) is 0 Å². The second kappa shape index (κ2) is 11.8. The lowest BCUT2D eigenvalue weighted by Gasteiger charge is -2.24. The van der Waals surface area contributed by atoms with E-state index in [1.165, 1.54) is 0 Å². The molecule has 0 atom stereocenters. The van der Waals surface area contributed by atoms with Crippen molar-refractivity contribution < 1.29 is 9.47 Å². The summed E-state index contributed by atoms with van der Waals surface area (Å²) in [6.45, 7) is 9.24. The molecule has 0 fully saturated rings. The summed E-state index contributed by atoms with van der Waals surface area (Å²) in [4.78, 5) is 7.19. The molecule has 0 amide bonds. The van der Waals surface area contributed by atoms with E-state index in [-0.39, 0.29) is 0 Å². The van der Waals surface area contributed by atoms with E-state index < -0.39 is 0 Å².